The van der Waals surface area contributed by atoms with Crippen LogP contribution in [0.5, 0.6) is 0 Å². The fourth-order valence-electron chi connectivity index (χ4n) is 3.21. The van der Waals surface area contributed by atoms with Crippen LogP contribution >= 0.6 is 0 Å². The van der Waals surface area contributed by atoms with Crippen molar-refractivity contribution >= 4 is 27.0 Å². The Kier molecular flexibility index (Phi) is 5.10. The summed E-state index contributed by atoms with van der Waals surface area (Å²) in [4.78, 5) is 22.0. The fourth-order valence-corrected chi connectivity index (χ4v) is 4.76. The van der Waals surface area contributed by atoms with Crippen molar-refractivity contribution in [2.24, 2.45) is 0 Å². The first-order chi connectivity index (χ1) is 11.9. The van der Waals surface area contributed by atoms with Crippen LogP contribution in [0.3, 0.4) is 0 Å². The average molecular weight is 364 g/mol. The standard InChI is InChI=1S/C17H24N4O3S/c1-3-11-25(23,24)21-8-4-7-20(9-10-21)17(22)14-5-6-15-16(12-14)19-13(2)18-15/h5-6,12H,3-4,7-11H2,1-2H3,(H,18,19). The number of fused-ring (bicyclic) bond motifs is 1. The number of rotatable bonds is 4. The summed E-state index contributed by atoms with van der Waals surface area (Å²) < 4.78 is 26.0. The van der Waals surface area contributed by atoms with Gasteiger partial charge in [-0.1, -0.05) is 6.92 Å². The highest BCUT2D eigenvalue weighted by Gasteiger charge is 2.26. The third kappa shape index (κ3) is 3.85. The van der Waals surface area contributed by atoms with Gasteiger partial charge in [0, 0.05) is 31.7 Å². The lowest BCUT2D eigenvalue weighted by molar-refractivity contribution is 0.0764. The molecule has 1 aromatic heterocycles. The molecule has 136 valence electrons. The number of imidazole rings is 1. The van der Waals surface area contributed by atoms with E-state index in [1.807, 2.05) is 26.0 Å². The van der Waals surface area contributed by atoms with Crippen LogP contribution in [0, 0.1) is 6.92 Å². The number of aromatic amines is 1. The maximum atomic E-state index is 12.8. The Morgan fingerprint density at radius 2 is 2.04 bits per heavy atom. The zero-order chi connectivity index (χ0) is 18.0. The quantitative estimate of drug-likeness (QED) is 0.896. The molecule has 1 aliphatic rings. The molecule has 0 aliphatic carbocycles. The molecule has 1 N–H and O–H groups in total. The van der Waals surface area contributed by atoms with Crippen molar-refractivity contribution in [3.05, 3.63) is 29.6 Å². The number of benzene rings is 1. The van der Waals surface area contributed by atoms with Gasteiger partial charge in [0.2, 0.25) is 10.0 Å². The van der Waals surface area contributed by atoms with Crippen LogP contribution in [0.1, 0.15) is 35.9 Å². The van der Waals surface area contributed by atoms with Crippen molar-refractivity contribution in [1.82, 2.24) is 19.2 Å². The lowest BCUT2D eigenvalue weighted by Gasteiger charge is -2.22. The maximum Gasteiger partial charge on any atom is 0.253 e. The van der Waals surface area contributed by atoms with Crippen LogP contribution in [0.2, 0.25) is 0 Å². The summed E-state index contributed by atoms with van der Waals surface area (Å²) in [5.41, 5.74) is 2.27. The van der Waals surface area contributed by atoms with Gasteiger partial charge in [0.15, 0.2) is 0 Å². The minimum atomic E-state index is -3.21. The van der Waals surface area contributed by atoms with Gasteiger partial charge in [-0.3, -0.25) is 4.79 Å². The monoisotopic (exact) mass is 364 g/mol. The highest BCUT2D eigenvalue weighted by molar-refractivity contribution is 7.89. The molecule has 2 aromatic rings. The van der Waals surface area contributed by atoms with Gasteiger partial charge < -0.3 is 9.88 Å². The van der Waals surface area contributed by atoms with E-state index in [1.165, 1.54) is 4.31 Å². The number of sulfonamides is 1. The summed E-state index contributed by atoms with van der Waals surface area (Å²) in [6.07, 6.45) is 1.26. The molecule has 1 saturated heterocycles. The van der Waals surface area contributed by atoms with Crippen molar-refractivity contribution in [2.75, 3.05) is 31.9 Å². The maximum absolute atomic E-state index is 12.8. The van der Waals surface area contributed by atoms with E-state index in [0.717, 1.165) is 16.9 Å². The Morgan fingerprint density at radius 1 is 1.24 bits per heavy atom. The van der Waals surface area contributed by atoms with Gasteiger partial charge in [0.1, 0.15) is 5.82 Å². The third-order valence-electron chi connectivity index (χ3n) is 4.44. The number of carbonyl (C=O) groups is 1. The Balaban J connectivity index is 1.74. The molecule has 1 fully saturated rings. The minimum absolute atomic E-state index is 0.0658. The normalized spacial score (nSPS) is 17.0. The van der Waals surface area contributed by atoms with Crippen LogP contribution in [-0.4, -0.2) is 65.4 Å². The number of aromatic nitrogens is 2. The van der Waals surface area contributed by atoms with Crippen LogP contribution in [0.15, 0.2) is 18.2 Å². The molecule has 0 saturated carbocycles. The van der Waals surface area contributed by atoms with E-state index in [9.17, 15) is 13.2 Å². The molecule has 7 nitrogen and oxygen atoms in total. The molecule has 0 bridgehead atoms. The van der Waals surface area contributed by atoms with Crippen LogP contribution < -0.4 is 0 Å². The number of hydrogen-bond acceptors (Lipinski definition) is 4. The van der Waals surface area contributed by atoms with Gasteiger partial charge in [-0.2, -0.15) is 0 Å². The molecular weight excluding hydrogens is 340 g/mol. The second-order valence-corrected chi connectivity index (χ2v) is 8.50. The van der Waals surface area contributed by atoms with Gasteiger partial charge in [0.25, 0.3) is 5.91 Å². The van der Waals surface area contributed by atoms with Crippen molar-refractivity contribution < 1.29 is 13.2 Å². The fraction of sp³-hybridized carbons (Fsp3) is 0.529. The van der Waals surface area contributed by atoms with Gasteiger partial charge in [-0.15, -0.1) is 0 Å². The van der Waals surface area contributed by atoms with Crippen LogP contribution in [0.4, 0.5) is 0 Å². The second kappa shape index (κ2) is 7.13. The first-order valence-corrected chi connectivity index (χ1v) is 10.2. The lowest BCUT2D eigenvalue weighted by atomic mass is 10.1. The Bertz CT molecular complexity index is 875. The summed E-state index contributed by atoms with van der Waals surface area (Å²) in [7, 11) is -3.21. The van der Waals surface area contributed by atoms with Crippen LogP contribution in [0.25, 0.3) is 11.0 Å². The van der Waals surface area contributed by atoms with Crippen molar-refractivity contribution in [1.29, 1.82) is 0 Å². The number of hydrogen-bond donors (Lipinski definition) is 1. The molecule has 0 atom stereocenters. The van der Waals surface area contributed by atoms with E-state index in [2.05, 4.69) is 9.97 Å². The smallest absolute Gasteiger partial charge is 0.253 e. The molecule has 1 aliphatic heterocycles. The zero-order valence-corrected chi connectivity index (χ0v) is 15.5. The third-order valence-corrected chi connectivity index (χ3v) is 6.52. The Labute approximate surface area is 148 Å². The van der Waals surface area contributed by atoms with E-state index in [1.54, 1.807) is 11.0 Å². The van der Waals surface area contributed by atoms with E-state index in [0.29, 0.717) is 44.6 Å². The summed E-state index contributed by atoms with van der Waals surface area (Å²) in [6.45, 7) is 5.56. The van der Waals surface area contributed by atoms with E-state index in [4.69, 9.17) is 0 Å². The minimum Gasteiger partial charge on any atom is -0.342 e. The summed E-state index contributed by atoms with van der Waals surface area (Å²) in [6, 6.07) is 5.43. The largest absolute Gasteiger partial charge is 0.342 e. The van der Waals surface area contributed by atoms with Gasteiger partial charge in [0.05, 0.1) is 16.8 Å². The predicted molar refractivity (Wildman–Crippen MR) is 97.0 cm³/mol. The number of carbonyl (C=O) groups excluding carboxylic acids is 1. The van der Waals surface area contributed by atoms with Crippen LogP contribution in [-0.2, 0) is 10.0 Å². The summed E-state index contributed by atoms with van der Waals surface area (Å²) in [5, 5.41) is 0. The SMILES string of the molecule is CCCS(=O)(=O)N1CCCN(C(=O)c2ccc3nc(C)[nH]c3c2)CC1. The summed E-state index contributed by atoms with van der Waals surface area (Å²) >= 11 is 0. The molecule has 0 unspecified atom stereocenters. The van der Waals surface area contributed by atoms with E-state index >= 15 is 0 Å². The number of aryl methyl sites for hydroxylation is 1. The van der Waals surface area contributed by atoms with E-state index < -0.39 is 10.0 Å². The van der Waals surface area contributed by atoms with Gasteiger partial charge in [-0.25, -0.2) is 17.7 Å². The predicted octanol–water partition coefficient (Wildman–Crippen LogP) is 1.76. The molecule has 25 heavy (non-hydrogen) atoms. The topological polar surface area (TPSA) is 86.4 Å². The number of amides is 1. The molecule has 1 amide bonds. The highest BCUT2D eigenvalue weighted by atomic mass is 32.2. The van der Waals surface area contributed by atoms with Gasteiger partial charge >= 0.3 is 0 Å². The Hall–Kier alpha value is -1.93. The number of nitrogens with zero attached hydrogens (tertiary/aromatic N) is 3. The molecule has 3 rings (SSSR count). The van der Waals surface area contributed by atoms with Crippen molar-refractivity contribution in [2.45, 2.75) is 26.7 Å². The Morgan fingerprint density at radius 3 is 2.80 bits per heavy atom. The molecule has 2 heterocycles. The molecule has 0 spiro atoms. The first kappa shape index (κ1) is 17.9. The average Bonchev–Trinajstić information content (AvgIpc) is 2.77. The summed E-state index contributed by atoms with van der Waals surface area (Å²) in [5.74, 6) is 0.909. The number of nitrogens with one attached hydrogen (secondary N) is 1. The van der Waals surface area contributed by atoms with Crippen molar-refractivity contribution in [3.63, 3.8) is 0 Å². The second-order valence-electron chi connectivity index (χ2n) is 6.41. The number of H-pyrrole nitrogens is 1. The first-order valence-electron chi connectivity index (χ1n) is 8.64. The zero-order valence-electron chi connectivity index (χ0n) is 14.7. The van der Waals surface area contributed by atoms with Gasteiger partial charge in [-0.05, 0) is 38.0 Å². The molecular formula is C17H24N4O3S. The van der Waals surface area contributed by atoms with Crippen molar-refractivity contribution in [3.8, 4) is 0 Å². The van der Waals surface area contributed by atoms with E-state index in [-0.39, 0.29) is 11.7 Å². The molecule has 1 aromatic carbocycles. The molecule has 0 radical (unpaired) electrons. The highest BCUT2D eigenvalue weighted by Crippen LogP contribution is 2.17. The molecule has 8 heteroatoms. The lowest BCUT2D eigenvalue weighted by Crippen LogP contribution is -2.38.